The zero-order chi connectivity index (χ0) is 15.4. The zero-order valence-electron chi connectivity index (χ0n) is 9.96. The summed E-state index contributed by atoms with van der Waals surface area (Å²) in [7, 11) is -5.74. The summed E-state index contributed by atoms with van der Waals surface area (Å²) in [5, 5.41) is -4.65. The molecule has 1 rings (SSSR count). The van der Waals surface area contributed by atoms with E-state index in [1.54, 1.807) is 0 Å². The molecule has 6 nitrogen and oxygen atoms in total. The van der Waals surface area contributed by atoms with E-state index in [1.807, 2.05) is 0 Å². The van der Waals surface area contributed by atoms with E-state index in [0.29, 0.717) is 0 Å². The molecule has 114 valence electrons. The third-order valence-corrected chi connectivity index (χ3v) is 3.45. The van der Waals surface area contributed by atoms with Crippen LogP contribution in [0, 0.1) is 5.92 Å². The van der Waals surface area contributed by atoms with E-state index in [1.165, 1.54) is 18.4 Å². The number of furan rings is 1. The van der Waals surface area contributed by atoms with Gasteiger partial charge < -0.3 is 9.15 Å². The second-order valence-corrected chi connectivity index (χ2v) is 5.28. The second-order valence-electron chi connectivity index (χ2n) is 3.79. The van der Waals surface area contributed by atoms with Gasteiger partial charge in [0.25, 0.3) is 0 Å². The fourth-order valence-corrected chi connectivity index (χ4v) is 1.91. The Hall–Kier alpha value is -1.55. The third-order valence-electron chi connectivity index (χ3n) is 2.43. The summed E-state index contributed by atoms with van der Waals surface area (Å²) < 4.78 is 77.2. The minimum absolute atomic E-state index is 0.177. The molecule has 1 aromatic heterocycles. The monoisotopic (exact) mass is 316 g/mol. The predicted octanol–water partition coefficient (Wildman–Crippen LogP) is 1.89. The van der Waals surface area contributed by atoms with Crippen molar-refractivity contribution in [1.82, 2.24) is 0 Å². The molecule has 1 heterocycles. The molecule has 0 bridgehead atoms. The molecule has 10 heteroatoms. The van der Waals surface area contributed by atoms with Crippen LogP contribution in [-0.2, 0) is 14.9 Å². The summed E-state index contributed by atoms with van der Waals surface area (Å²) in [6, 6.07) is 2.66. The molecule has 0 aliphatic heterocycles. The van der Waals surface area contributed by atoms with Crippen LogP contribution in [0.2, 0.25) is 0 Å². The van der Waals surface area contributed by atoms with Crippen molar-refractivity contribution in [2.45, 2.75) is 11.7 Å². The lowest BCUT2D eigenvalue weighted by Crippen LogP contribution is -2.38. The van der Waals surface area contributed by atoms with Gasteiger partial charge in [-0.25, -0.2) is 4.79 Å². The minimum Gasteiger partial charge on any atom is -0.460 e. The van der Waals surface area contributed by atoms with E-state index >= 15 is 0 Å². The zero-order valence-corrected chi connectivity index (χ0v) is 10.8. The molecule has 0 aliphatic carbocycles. The molecular weight excluding hydrogens is 305 g/mol. The molecule has 1 unspecified atom stereocenters. The highest BCUT2D eigenvalue weighted by Crippen LogP contribution is 2.32. The lowest BCUT2D eigenvalue weighted by molar-refractivity contribution is -0.00910. The normalized spacial score (nSPS) is 14.0. The summed E-state index contributed by atoms with van der Waals surface area (Å²) in [6.07, 6.45) is 0.406. The largest absolute Gasteiger partial charge is 0.460 e. The molecule has 0 saturated carbocycles. The van der Waals surface area contributed by atoms with Crippen LogP contribution in [-0.4, -0.2) is 37.5 Å². The molecule has 1 aromatic rings. The van der Waals surface area contributed by atoms with E-state index in [0.717, 1.165) is 0 Å². The van der Waals surface area contributed by atoms with Gasteiger partial charge in [0.15, 0.2) is 0 Å². The van der Waals surface area contributed by atoms with Gasteiger partial charge in [-0.3, -0.25) is 8.94 Å². The number of hydrogen-bond acceptors (Lipinski definition) is 5. The first-order valence-corrected chi connectivity index (χ1v) is 6.75. The van der Waals surface area contributed by atoms with Gasteiger partial charge in [0.05, 0.1) is 25.5 Å². The molecule has 0 radical (unpaired) electrons. The molecule has 0 aromatic carbocycles. The van der Waals surface area contributed by atoms with Crippen LogP contribution >= 0.6 is 0 Å². The smallest absolute Gasteiger partial charge is 0.375 e. The summed E-state index contributed by atoms with van der Waals surface area (Å²) in [5.41, 5.74) is 0. The maximum atomic E-state index is 13.2. The third kappa shape index (κ3) is 3.73. The molecule has 0 spiro atoms. The van der Waals surface area contributed by atoms with E-state index < -0.39 is 47.0 Å². The number of halogens is 3. The number of alkyl halides is 3. The van der Waals surface area contributed by atoms with Crippen LogP contribution in [0.15, 0.2) is 22.8 Å². The molecule has 0 aliphatic rings. The number of esters is 1. The minimum atomic E-state index is -5.74. The topological polar surface area (TPSA) is 93.8 Å². The van der Waals surface area contributed by atoms with E-state index in [-0.39, 0.29) is 5.76 Å². The van der Waals surface area contributed by atoms with Crippen LogP contribution in [0.25, 0.3) is 0 Å². The highest BCUT2D eigenvalue weighted by Gasteiger charge is 2.51. The van der Waals surface area contributed by atoms with Gasteiger partial charge in [0.1, 0.15) is 0 Å². The Kier molecular flexibility index (Phi) is 5.17. The Bertz CT molecular complexity index is 539. The van der Waals surface area contributed by atoms with Crippen LogP contribution < -0.4 is 0 Å². The predicted molar refractivity (Wildman–Crippen MR) is 59.6 cm³/mol. The molecule has 20 heavy (non-hydrogen) atoms. The SMILES string of the molecule is O=C(OCCC(CF)C(F)(F)S(=O)(=O)O)c1ccco1. The molecule has 1 N–H and O–H groups in total. The number of hydrogen-bond donors (Lipinski definition) is 1. The number of carbonyl (C=O) groups excluding carboxylic acids is 1. The second kappa shape index (κ2) is 6.27. The first-order valence-electron chi connectivity index (χ1n) is 5.31. The van der Waals surface area contributed by atoms with Crippen LogP contribution in [0.5, 0.6) is 0 Å². The van der Waals surface area contributed by atoms with Gasteiger partial charge in [0, 0.05) is 0 Å². The van der Waals surface area contributed by atoms with Gasteiger partial charge in [0.2, 0.25) is 5.76 Å². The average Bonchev–Trinajstić information content (AvgIpc) is 2.86. The maximum absolute atomic E-state index is 13.2. The van der Waals surface area contributed by atoms with E-state index in [9.17, 15) is 26.4 Å². The Balaban J connectivity index is 2.57. The summed E-state index contributed by atoms with van der Waals surface area (Å²) in [6.45, 7) is -2.36. The van der Waals surface area contributed by atoms with Gasteiger partial charge in [-0.2, -0.15) is 17.2 Å². The van der Waals surface area contributed by atoms with Crippen LogP contribution in [0.4, 0.5) is 13.2 Å². The van der Waals surface area contributed by atoms with Gasteiger partial charge in [-0.15, -0.1) is 0 Å². The van der Waals surface area contributed by atoms with Crippen molar-refractivity contribution in [1.29, 1.82) is 0 Å². The van der Waals surface area contributed by atoms with Crippen molar-refractivity contribution in [2.75, 3.05) is 13.3 Å². The van der Waals surface area contributed by atoms with Crippen LogP contribution in [0.1, 0.15) is 17.0 Å². The van der Waals surface area contributed by atoms with E-state index in [4.69, 9.17) is 4.55 Å². The molecule has 1 atom stereocenters. The van der Waals surface area contributed by atoms with Gasteiger partial charge >= 0.3 is 21.3 Å². The number of carbonyl (C=O) groups is 1. The Morgan fingerprint density at radius 1 is 1.50 bits per heavy atom. The summed E-state index contributed by atoms with van der Waals surface area (Å²) in [5.74, 6) is -3.45. The van der Waals surface area contributed by atoms with Crippen molar-refractivity contribution in [3.63, 3.8) is 0 Å². The van der Waals surface area contributed by atoms with Crippen molar-refractivity contribution in [3.05, 3.63) is 24.2 Å². The van der Waals surface area contributed by atoms with Crippen molar-refractivity contribution in [3.8, 4) is 0 Å². The standard InChI is InChI=1S/C10H11F3O6S/c11-6-7(10(12,13)20(15,16)17)3-5-19-9(14)8-2-1-4-18-8/h1-2,4,7H,3,5-6H2,(H,15,16,17). The highest BCUT2D eigenvalue weighted by atomic mass is 32.2. The first kappa shape index (κ1) is 16.5. The highest BCUT2D eigenvalue weighted by molar-refractivity contribution is 7.86. The summed E-state index contributed by atoms with van der Waals surface area (Å²) in [4.78, 5) is 11.3. The average molecular weight is 316 g/mol. The lowest BCUT2D eigenvalue weighted by atomic mass is 10.1. The first-order chi connectivity index (χ1) is 9.20. The Labute approximate surface area is 112 Å². The Morgan fingerprint density at radius 2 is 2.15 bits per heavy atom. The van der Waals surface area contributed by atoms with Gasteiger partial charge in [-0.05, 0) is 18.6 Å². The fourth-order valence-electron chi connectivity index (χ4n) is 1.31. The quantitative estimate of drug-likeness (QED) is 0.610. The molecular formula is C10H11F3O6S. The van der Waals surface area contributed by atoms with Gasteiger partial charge in [-0.1, -0.05) is 0 Å². The lowest BCUT2D eigenvalue weighted by Gasteiger charge is -2.21. The van der Waals surface area contributed by atoms with Crippen LogP contribution in [0.3, 0.4) is 0 Å². The van der Waals surface area contributed by atoms with Crippen molar-refractivity contribution < 1.29 is 40.1 Å². The maximum Gasteiger partial charge on any atom is 0.375 e. The fraction of sp³-hybridized carbons (Fsp3) is 0.500. The van der Waals surface area contributed by atoms with Crippen molar-refractivity contribution in [2.24, 2.45) is 5.92 Å². The van der Waals surface area contributed by atoms with E-state index in [2.05, 4.69) is 9.15 Å². The molecule has 0 saturated heterocycles. The molecule has 0 fully saturated rings. The molecule has 0 amide bonds. The number of ether oxygens (including phenoxy) is 1. The van der Waals surface area contributed by atoms with Crippen molar-refractivity contribution >= 4 is 16.1 Å². The number of rotatable bonds is 7. The Morgan fingerprint density at radius 3 is 2.60 bits per heavy atom. The summed E-state index contributed by atoms with van der Waals surface area (Å²) >= 11 is 0.